The lowest BCUT2D eigenvalue weighted by atomic mass is 10.1. The predicted molar refractivity (Wildman–Crippen MR) is 116 cm³/mol. The molecule has 3 aromatic rings. The molecule has 2 aromatic carbocycles. The maximum absolute atomic E-state index is 12.5. The van der Waals surface area contributed by atoms with E-state index in [2.05, 4.69) is 0 Å². The summed E-state index contributed by atoms with van der Waals surface area (Å²) in [5.74, 6) is -1.35. The number of benzene rings is 2. The Hall–Kier alpha value is -3.92. The monoisotopic (exact) mass is 436 g/mol. The number of hydrogen-bond acceptors (Lipinski definition) is 6. The van der Waals surface area contributed by atoms with Gasteiger partial charge in [0, 0.05) is 34.3 Å². The fraction of sp³-hybridized carbons (Fsp3) is 0.0952. The van der Waals surface area contributed by atoms with Crippen LogP contribution in [0.25, 0.3) is 17.0 Å². The molecule has 156 valence electrons. The molecule has 2 heterocycles. The van der Waals surface area contributed by atoms with Crippen molar-refractivity contribution in [2.45, 2.75) is 6.54 Å². The molecule has 1 aromatic heterocycles. The summed E-state index contributed by atoms with van der Waals surface area (Å²) in [5.41, 5.74) is 7.18. The summed E-state index contributed by atoms with van der Waals surface area (Å²) in [4.78, 5) is 47.7. The van der Waals surface area contributed by atoms with Crippen LogP contribution in [-0.4, -0.2) is 38.0 Å². The van der Waals surface area contributed by atoms with Gasteiger partial charge in [0.25, 0.3) is 16.8 Å². The summed E-state index contributed by atoms with van der Waals surface area (Å²) in [7, 11) is 0. The van der Waals surface area contributed by atoms with Gasteiger partial charge in [-0.2, -0.15) is 0 Å². The van der Waals surface area contributed by atoms with Gasteiger partial charge in [0.1, 0.15) is 6.54 Å². The number of nitrogens with two attached hydrogens (primary N) is 1. The third-order valence-corrected chi connectivity index (χ3v) is 5.73. The molecule has 1 aliphatic rings. The van der Waals surface area contributed by atoms with Crippen LogP contribution in [0, 0.1) is 10.1 Å². The van der Waals surface area contributed by atoms with E-state index in [4.69, 9.17) is 5.73 Å². The van der Waals surface area contributed by atoms with Crippen molar-refractivity contribution in [3.05, 3.63) is 80.9 Å². The minimum absolute atomic E-state index is 0.0226. The molecule has 4 rings (SSSR count). The highest BCUT2D eigenvalue weighted by Gasteiger charge is 2.36. The summed E-state index contributed by atoms with van der Waals surface area (Å²) in [6.07, 6.45) is 3.37. The van der Waals surface area contributed by atoms with Gasteiger partial charge < -0.3 is 10.3 Å². The lowest BCUT2D eigenvalue weighted by Gasteiger charge is -2.08. The van der Waals surface area contributed by atoms with Gasteiger partial charge >= 0.3 is 0 Å². The number of carbonyl (C=O) groups excluding carboxylic acids is 3. The van der Waals surface area contributed by atoms with Crippen molar-refractivity contribution in [2.24, 2.45) is 5.73 Å². The fourth-order valence-electron chi connectivity index (χ4n) is 3.46. The Kier molecular flexibility index (Phi) is 5.30. The molecule has 0 radical (unpaired) electrons. The molecular formula is C21H16N4O5S. The molecule has 3 amide bonds. The number of nitrogens with zero attached hydrogens (tertiary/aromatic N) is 3. The van der Waals surface area contributed by atoms with E-state index in [-0.39, 0.29) is 17.1 Å². The number of fused-ring (bicyclic) bond motifs is 1. The van der Waals surface area contributed by atoms with Gasteiger partial charge in [-0.3, -0.25) is 29.4 Å². The second-order valence-corrected chi connectivity index (χ2v) is 7.84. The van der Waals surface area contributed by atoms with Gasteiger partial charge in [-0.25, -0.2) is 0 Å². The average molecular weight is 436 g/mol. The molecule has 1 saturated heterocycles. The van der Waals surface area contributed by atoms with Crippen LogP contribution in [-0.2, 0) is 16.1 Å². The number of aromatic nitrogens is 1. The number of thioether (sulfide) groups is 1. The molecule has 2 N–H and O–H groups in total. The second-order valence-electron chi connectivity index (χ2n) is 6.85. The molecule has 0 unspecified atom stereocenters. The summed E-state index contributed by atoms with van der Waals surface area (Å²) in [5, 5.41) is 11.6. The molecule has 1 aliphatic heterocycles. The topological polar surface area (TPSA) is 129 Å². The van der Waals surface area contributed by atoms with Gasteiger partial charge in [0.05, 0.1) is 16.4 Å². The van der Waals surface area contributed by atoms with E-state index >= 15 is 0 Å². The van der Waals surface area contributed by atoms with Crippen LogP contribution >= 0.6 is 11.8 Å². The van der Waals surface area contributed by atoms with Crippen LogP contribution in [0.3, 0.4) is 0 Å². The van der Waals surface area contributed by atoms with Crippen LogP contribution < -0.4 is 5.73 Å². The third kappa shape index (κ3) is 3.92. The smallest absolute Gasteiger partial charge is 0.294 e. The molecule has 1 fully saturated rings. The first-order chi connectivity index (χ1) is 14.8. The highest BCUT2D eigenvalue weighted by atomic mass is 32.2. The minimum atomic E-state index is -0.774. The van der Waals surface area contributed by atoms with E-state index in [1.165, 1.54) is 6.07 Å². The first kappa shape index (κ1) is 20.4. The largest absolute Gasteiger partial charge is 0.368 e. The number of carbonyl (C=O) groups is 3. The Bertz CT molecular complexity index is 1280. The molecule has 10 heteroatoms. The number of para-hydroxylation sites is 2. The third-order valence-electron chi connectivity index (χ3n) is 4.82. The number of amides is 3. The highest BCUT2D eigenvalue weighted by Crippen LogP contribution is 2.34. The van der Waals surface area contributed by atoms with Crippen molar-refractivity contribution in [1.82, 2.24) is 9.47 Å². The van der Waals surface area contributed by atoms with E-state index in [1.54, 1.807) is 30.5 Å². The van der Waals surface area contributed by atoms with Crippen LogP contribution in [0.1, 0.15) is 11.1 Å². The predicted octanol–water partition coefficient (Wildman–Crippen LogP) is 3.12. The van der Waals surface area contributed by atoms with Gasteiger partial charge in [-0.15, -0.1) is 0 Å². The SMILES string of the molecule is NC(=O)CN1C(=O)S/C(=C\c2cn(Cc3ccccc3[N+](=O)[O-])c3ccccc23)C1=O. The number of nitro benzene ring substituents is 1. The van der Waals surface area contributed by atoms with Crippen LogP contribution in [0.5, 0.6) is 0 Å². The summed E-state index contributed by atoms with van der Waals surface area (Å²) in [6.45, 7) is -0.212. The molecule has 0 bridgehead atoms. The quantitative estimate of drug-likeness (QED) is 0.359. The van der Waals surface area contributed by atoms with Crippen molar-refractivity contribution < 1.29 is 19.3 Å². The number of rotatable bonds is 6. The number of hydrogen-bond donors (Lipinski definition) is 1. The van der Waals surface area contributed by atoms with Gasteiger partial charge in [-0.1, -0.05) is 36.4 Å². The standard InChI is InChI=1S/C21H16N4O5S/c22-19(26)12-24-20(27)18(31-21(24)28)9-14-11-23(17-8-4-2-6-15(14)17)10-13-5-1-3-7-16(13)25(29)30/h1-9,11H,10,12H2,(H2,22,26)/b18-9-. The Morgan fingerprint density at radius 1 is 1.13 bits per heavy atom. The first-order valence-electron chi connectivity index (χ1n) is 9.19. The van der Waals surface area contributed by atoms with Crippen molar-refractivity contribution in [3.8, 4) is 0 Å². The zero-order valence-corrected chi connectivity index (χ0v) is 16.9. The normalized spacial score (nSPS) is 15.2. The van der Waals surface area contributed by atoms with E-state index in [0.717, 1.165) is 27.6 Å². The van der Waals surface area contributed by atoms with E-state index < -0.39 is 28.5 Å². The highest BCUT2D eigenvalue weighted by molar-refractivity contribution is 8.18. The zero-order valence-electron chi connectivity index (χ0n) is 16.1. The Morgan fingerprint density at radius 2 is 1.84 bits per heavy atom. The summed E-state index contributed by atoms with van der Waals surface area (Å²) in [6, 6.07) is 13.9. The Balaban J connectivity index is 1.74. The van der Waals surface area contributed by atoms with Crippen molar-refractivity contribution in [2.75, 3.05) is 6.54 Å². The van der Waals surface area contributed by atoms with E-state index in [9.17, 15) is 24.5 Å². The lowest BCUT2D eigenvalue weighted by molar-refractivity contribution is -0.385. The zero-order chi connectivity index (χ0) is 22.1. The molecule has 9 nitrogen and oxygen atoms in total. The fourth-order valence-corrected chi connectivity index (χ4v) is 4.29. The van der Waals surface area contributed by atoms with Crippen LogP contribution in [0.15, 0.2) is 59.6 Å². The minimum Gasteiger partial charge on any atom is -0.368 e. The first-order valence-corrected chi connectivity index (χ1v) is 10.0. The molecule has 0 spiro atoms. The number of imide groups is 1. The summed E-state index contributed by atoms with van der Waals surface area (Å²) >= 11 is 0.739. The van der Waals surface area contributed by atoms with E-state index in [0.29, 0.717) is 11.1 Å². The van der Waals surface area contributed by atoms with Gasteiger partial charge in [0.2, 0.25) is 5.91 Å². The molecule has 0 aliphatic carbocycles. The Labute approximate surface area is 180 Å². The maximum atomic E-state index is 12.5. The van der Waals surface area contributed by atoms with Crippen LogP contribution in [0.2, 0.25) is 0 Å². The maximum Gasteiger partial charge on any atom is 0.294 e. The Morgan fingerprint density at radius 3 is 2.58 bits per heavy atom. The molecule has 31 heavy (non-hydrogen) atoms. The second kappa shape index (κ2) is 8.07. The number of primary amides is 1. The van der Waals surface area contributed by atoms with Crippen molar-refractivity contribution in [3.63, 3.8) is 0 Å². The molecule has 0 atom stereocenters. The average Bonchev–Trinajstić information content (AvgIpc) is 3.20. The molecular weight excluding hydrogens is 420 g/mol. The van der Waals surface area contributed by atoms with Crippen molar-refractivity contribution in [1.29, 1.82) is 0 Å². The molecule has 0 saturated carbocycles. The van der Waals surface area contributed by atoms with Crippen molar-refractivity contribution >= 4 is 51.5 Å². The number of nitro groups is 1. The lowest BCUT2D eigenvalue weighted by Crippen LogP contribution is -2.36. The van der Waals surface area contributed by atoms with Gasteiger partial charge in [0.15, 0.2) is 0 Å². The summed E-state index contributed by atoms with van der Waals surface area (Å²) < 4.78 is 1.86. The van der Waals surface area contributed by atoms with Crippen LogP contribution in [0.4, 0.5) is 10.5 Å². The van der Waals surface area contributed by atoms with E-state index in [1.807, 2.05) is 28.8 Å². The van der Waals surface area contributed by atoms with Gasteiger partial charge in [-0.05, 0) is 23.9 Å².